The highest BCUT2D eigenvalue weighted by Gasteiger charge is 2.23. The lowest BCUT2D eigenvalue weighted by Crippen LogP contribution is -2.19. The molecule has 0 spiro atoms. The maximum Gasteiger partial charge on any atom is 0.263 e. The van der Waals surface area contributed by atoms with Gasteiger partial charge in [-0.15, -0.1) is 11.8 Å². The number of anilines is 2. The molecule has 0 heterocycles. The molecule has 4 aromatic carbocycles. The molecule has 7 heteroatoms. The number of thioether (sulfide) groups is 1. The monoisotopic (exact) mass is 512 g/mol. The van der Waals surface area contributed by atoms with Crippen LogP contribution in [-0.4, -0.2) is 26.0 Å². The van der Waals surface area contributed by atoms with Crippen molar-refractivity contribution < 1.29 is 19.1 Å². The number of aryl methyl sites for hydroxylation is 1. The van der Waals surface area contributed by atoms with E-state index in [1.807, 2.05) is 79.7 Å². The molecule has 1 unspecified atom stereocenters. The maximum absolute atomic E-state index is 13.4. The molecule has 188 valence electrons. The Hall–Kier alpha value is -4.23. The summed E-state index contributed by atoms with van der Waals surface area (Å²) in [7, 11) is 3.02. The minimum absolute atomic E-state index is 0.130. The first-order chi connectivity index (χ1) is 18.0. The molecule has 0 radical (unpaired) electrons. The Labute approximate surface area is 221 Å². The number of amides is 2. The predicted molar refractivity (Wildman–Crippen MR) is 149 cm³/mol. The van der Waals surface area contributed by atoms with E-state index in [1.54, 1.807) is 24.3 Å². The number of hydrogen-bond acceptors (Lipinski definition) is 5. The van der Waals surface area contributed by atoms with E-state index in [-0.39, 0.29) is 11.8 Å². The van der Waals surface area contributed by atoms with Gasteiger partial charge in [-0.2, -0.15) is 0 Å². The zero-order valence-electron chi connectivity index (χ0n) is 20.9. The van der Waals surface area contributed by atoms with E-state index in [2.05, 4.69) is 10.6 Å². The smallest absolute Gasteiger partial charge is 0.263 e. The van der Waals surface area contributed by atoms with Gasteiger partial charge in [-0.1, -0.05) is 54.6 Å². The second-order valence-electron chi connectivity index (χ2n) is 8.29. The van der Waals surface area contributed by atoms with Gasteiger partial charge in [-0.3, -0.25) is 9.59 Å². The normalized spacial score (nSPS) is 11.3. The zero-order valence-corrected chi connectivity index (χ0v) is 21.7. The number of benzene rings is 4. The van der Waals surface area contributed by atoms with Crippen molar-refractivity contribution in [3.63, 3.8) is 0 Å². The third kappa shape index (κ3) is 6.51. The molecule has 2 amide bonds. The maximum atomic E-state index is 13.4. The Balaban J connectivity index is 1.57. The van der Waals surface area contributed by atoms with Crippen LogP contribution in [0.25, 0.3) is 0 Å². The lowest BCUT2D eigenvalue weighted by molar-refractivity contribution is -0.115. The number of methoxy groups -OCH3 is 2. The Morgan fingerprint density at radius 2 is 1.35 bits per heavy atom. The summed E-state index contributed by atoms with van der Waals surface area (Å²) in [4.78, 5) is 27.3. The molecule has 2 N–H and O–H groups in total. The quantitative estimate of drug-likeness (QED) is 0.243. The molecule has 0 bridgehead atoms. The molecular weight excluding hydrogens is 484 g/mol. The Morgan fingerprint density at radius 3 is 2.00 bits per heavy atom. The standard InChI is InChI=1S/C30H28N2O4S/c1-20-10-7-13-22(18-20)32-30(34)28(21-11-5-4-6-12-21)37-24-15-8-14-23(19-24)31-29(33)27-25(35-2)16-9-17-26(27)36-3/h4-19,28H,1-3H3,(H,31,33)(H,32,34). The average molecular weight is 513 g/mol. The van der Waals surface area contributed by atoms with Gasteiger partial charge in [0.05, 0.1) is 14.2 Å². The van der Waals surface area contributed by atoms with E-state index < -0.39 is 5.25 Å². The van der Waals surface area contributed by atoms with Gasteiger partial charge in [0.25, 0.3) is 5.91 Å². The van der Waals surface area contributed by atoms with Crippen LogP contribution in [0, 0.1) is 6.92 Å². The topological polar surface area (TPSA) is 76.7 Å². The highest BCUT2D eigenvalue weighted by Crippen LogP contribution is 2.37. The molecule has 4 rings (SSSR count). The highest BCUT2D eigenvalue weighted by atomic mass is 32.2. The molecule has 0 aliphatic rings. The lowest BCUT2D eigenvalue weighted by atomic mass is 10.1. The van der Waals surface area contributed by atoms with Crippen LogP contribution in [0.3, 0.4) is 0 Å². The van der Waals surface area contributed by atoms with Crippen molar-refractivity contribution in [1.82, 2.24) is 0 Å². The molecule has 0 saturated heterocycles. The van der Waals surface area contributed by atoms with Gasteiger partial charge in [0, 0.05) is 16.3 Å². The van der Waals surface area contributed by atoms with Crippen molar-refractivity contribution in [3.8, 4) is 11.5 Å². The van der Waals surface area contributed by atoms with Gasteiger partial charge in [0.1, 0.15) is 22.3 Å². The minimum atomic E-state index is -0.498. The summed E-state index contributed by atoms with van der Waals surface area (Å²) < 4.78 is 10.7. The number of carbonyl (C=O) groups excluding carboxylic acids is 2. The first-order valence-corrected chi connectivity index (χ1v) is 12.6. The Morgan fingerprint density at radius 1 is 0.730 bits per heavy atom. The van der Waals surface area contributed by atoms with Crippen molar-refractivity contribution in [2.24, 2.45) is 0 Å². The molecule has 0 aliphatic heterocycles. The molecule has 4 aromatic rings. The van der Waals surface area contributed by atoms with Crippen LogP contribution in [0.2, 0.25) is 0 Å². The molecule has 6 nitrogen and oxygen atoms in total. The van der Waals surface area contributed by atoms with Crippen LogP contribution in [0.15, 0.2) is 102 Å². The third-order valence-electron chi connectivity index (χ3n) is 5.63. The summed E-state index contributed by atoms with van der Waals surface area (Å²) in [5.41, 5.74) is 3.60. The first-order valence-electron chi connectivity index (χ1n) is 11.7. The summed E-state index contributed by atoms with van der Waals surface area (Å²) in [5.74, 6) is 0.349. The lowest BCUT2D eigenvalue weighted by Gasteiger charge is -2.18. The van der Waals surface area contributed by atoms with E-state index in [0.717, 1.165) is 21.7 Å². The van der Waals surface area contributed by atoms with Crippen LogP contribution in [0.4, 0.5) is 11.4 Å². The Kier molecular flexibility index (Phi) is 8.48. The van der Waals surface area contributed by atoms with Crippen molar-refractivity contribution >= 4 is 35.0 Å². The summed E-state index contributed by atoms with van der Waals surface area (Å²) in [5, 5.41) is 5.46. The summed E-state index contributed by atoms with van der Waals surface area (Å²) >= 11 is 1.41. The third-order valence-corrected chi connectivity index (χ3v) is 6.87. The van der Waals surface area contributed by atoms with Crippen molar-refractivity contribution in [2.75, 3.05) is 24.9 Å². The zero-order chi connectivity index (χ0) is 26.2. The van der Waals surface area contributed by atoms with Crippen LogP contribution in [0.1, 0.15) is 26.7 Å². The van der Waals surface area contributed by atoms with E-state index in [9.17, 15) is 9.59 Å². The first kappa shape index (κ1) is 25.9. The molecule has 0 fully saturated rings. The van der Waals surface area contributed by atoms with Gasteiger partial charge in [0.15, 0.2) is 0 Å². The van der Waals surface area contributed by atoms with E-state index in [1.165, 1.54) is 26.0 Å². The van der Waals surface area contributed by atoms with Crippen LogP contribution in [0.5, 0.6) is 11.5 Å². The average Bonchev–Trinajstić information content (AvgIpc) is 2.91. The molecular formula is C30H28N2O4S. The highest BCUT2D eigenvalue weighted by molar-refractivity contribution is 8.00. The van der Waals surface area contributed by atoms with Crippen LogP contribution in [-0.2, 0) is 4.79 Å². The SMILES string of the molecule is COc1cccc(OC)c1C(=O)Nc1cccc(SC(C(=O)Nc2cccc(C)c2)c2ccccc2)c1. The predicted octanol–water partition coefficient (Wildman–Crippen LogP) is 6.74. The van der Waals surface area contributed by atoms with Crippen molar-refractivity contribution in [1.29, 1.82) is 0 Å². The van der Waals surface area contributed by atoms with E-state index in [0.29, 0.717) is 22.7 Å². The molecule has 1 atom stereocenters. The van der Waals surface area contributed by atoms with E-state index in [4.69, 9.17) is 9.47 Å². The van der Waals surface area contributed by atoms with Gasteiger partial charge in [0.2, 0.25) is 5.91 Å². The summed E-state index contributed by atoms with van der Waals surface area (Å²) in [6.45, 7) is 1.99. The second-order valence-corrected chi connectivity index (χ2v) is 9.47. The van der Waals surface area contributed by atoms with Crippen molar-refractivity contribution in [2.45, 2.75) is 17.1 Å². The molecule has 0 aliphatic carbocycles. The Bertz CT molecular complexity index is 1370. The molecule has 0 saturated carbocycles. The second kappa shape index (κ2) is 12.1. The van der Waals surface area contributed by atoms with Crippen LogP contribution >= 0.6 is 11.8 Å². The fraction of sp³-hybridized carbons (Fsp3) is 0.133. The fourth-order valence-electron chi connectivity index (χ4n) is 3.88. The summed E-state index contributed by atoms with van der Waals surface area (Å²) in [6.07, 6.45) is 0. The minimum Gasteiger partial charge on any atom is -0.496 e. The number of rotatable bonds is 9. The van der Waals surface area contributed by atoms with E-state index >= 15 is 0 Å². The largest absolute Gasteiger partial charge is 0.496 e. The van der Waals surface area contributed by atoms with Crippen LogP contribution < -0.4 is 20.1 Å². The van der Waals surface area contributed by atoms with Crippen molar-refractivity contribution in [3.05, 3.63) is 114 Å². The van der Waals surface area contributed by atoms with Gasteiger partial charge in [-0.05, 0) is 60.5 Å². The number of carbonyl (C=O) groups is 2. The molecule has 37 heavy (non-hydrogen) atoms. The van der Waals surface area contributed by atoms with Gasteiger partial charge < -0.3 is 20.1 Å². The molecule has 0 aromatic heterocycles. The number of nitrogens with one attached hydrogen (secondary N) is 2. The number of hydrogen-bond donors (Lipinski definition) is 2. The number of ether oxygens (including phenoxy) is 2. The fourth-order valence-corrected chi connectivity index (χ4v) is 4.97. The van der Waals surface area contributed by atoms with Gasteiger partial charge >= 0.3 is 0 Å². The summed E-state index contributed by atoms with van der Waals surface area (Å²) in [6, 6.07) is 29.9. The van der Waals surface area contributed by atoms with Gasteiger partial charge in [-0.25, -0.2) is 0 Å².